The molecule has 1 atom stereocenters. The number of carbonyl (C=O) groups is 1. The molecule has 2 nitrogen and oxygen atoms in total. The molecular formula is C13H17F2NO. The summed E-state index contributed by atoms with van der Waals surface area (Å²) in [7, 11) is 0. The molecule has 1 rings (SSSR count). The van der Waals surface area contributed by atoms with Crippen LogP contribution in [0.25, 0.3) is 0 Å². The molecule has 0 fully saturated rings. The van der Waals surface area contributed by atoms with E-state index in [9.17, 15) is 13.6 Å². The number of nitrogens with one attached hydrogen (secondary N) is 1. The molecule has 0 spiro atoms. The maximum atomic E-state index is 13.5. The molecule has 0 saturated carbocycles. The van der Waals surface area contributed by atoms with E-state index in [1.165, 1.54) is 0 Å². The second-order valence-electron chi connectivity index (χ2n) is 4.27. The minimum absolute atomic E-state index is 0.0186. The van der Waals surface area contributed by atoms with Crippen molar-refractivity contribution < 1.29 is 13.6 Å². The number of carbonyl (C=O) groups excluding carboxylic acids is 1. The fourth-order valence-electron chi connectivity index (χ4n) is 1.70. The van der Waals surface area contributed by atoms with E-state index in [-0.39, 0.29) is 11.5 Å². The minimum atomic E-state index is -0.681. The Labute approximate surface area is 100 Å². The number of rotatable bonds is 5. The summed E-state index contributed by atoms with van der Waals surface area (Å²) in [4.78, 5) is 12.1. The topological polar surface area (TPSA) is 29.1 Å². The summed E-state index contributed by atoms with van der Waals surface area (Å²) in [5, 5.41) is 2.99. The van der Waals surface area contributed by atoms with Crippen LogP contribution in [0.2, 0.25) is 0 Å². The van der Waals surface area contributed by atoms with Crippen molar-refractivity contribution in [2.24, 2.45) is 5.92 Å². The van der Waals surface area contributed by atoms with Gasteiger partial charge in [0.1, 0.15) is 11.6 Å². The summed E-state index contributed by atoms with van der Waals surface area (Å²) in [6, 6.07) is 2.44. The smallest absolute Gasteiger partial charge is 0.183 e. The van der Waals surface area contributed by atoms with Crippen molar-refractivity contribution in [2.75, 3.05) is 6.54 Å². The van der Waals surface area contributed by atoms with Crippen LogP contribution in [0.15, 0.2) is 18.2 Å². The first-order valence-electron chi connectivity index (χ1n) is 5.70. The summed E-state index contributed by atoms with van der Waals surface area (Å²) in [5.74, 6) is -1.67. The van der Waals surface area contributed by atoms with E-state index in [1.54, 1.807) is 0 Å². The van der Waals surface area contributed by atoms with Gasteiger partial charge in [0.25, 0.3) is 0 Å². The maximum absolute atomic E-state index is 13.5. The van der Waals surface area contributed by atoms with Gasteiger partial charge in [-0.1, -0.05) is 20.8 Å². The zero-order chi connectivity index (χ0) is 13.0. The lowest BCUT2D eigenvalue weighted by molar-refractivity contribution is 0.0913. The monoisotopic (exact) mass is 241 g/mol. The van der Waals surface area contributed by atoms with Crippen molar-refractivity contribution in [2.45, 2.75) is 26.8 Å². The number of ketones is 1. The minimum Gasteiger partial charge on any atom is -0.307 e. The van der Waals surface area contributed by atoms with Crippen LogP contribution in [-0.2, 0) is 0 Å². The largest absolute Gasteiger partial charge is 0.307 e. The maximum Gasteiger partial charge on any atom is 0.183 e. The van der Waals surface area contributed by atoms with Gasteiger partial charge in [0.05, 0.1) is 11.6 Å². The summed E-state index contributed by atoms with van der Waals surface area (Å²) in [6.07, 6.45) is 0. The molecule has 1 N–H and O–H groups in total. The number of likely N-dealkylation sites (N-methyl/N-ethyl adjacent to an activating group) is 1. The number of Topliss-reactive ketones (excluding diaryl/α,β-unsaturated/α-hetero) is 1. The Morgan fingerprint density at radius 2 is 2.00 bits per heavy atom. The lowest BCUT2D eigenvalue weighted by Crippen LogP contribution is -2.41. The molecule has 0 radical (unpaired) electrons. The van der Waals surface area contributed by atoms with E-state index in [0.29, 0.717) is 6.54 Å². The number of hydrogen-bond acceptors (Lipinski definition) is 2. The first kappa shape index (κ1) is 13.8. The van der Waals surface area contributed by atoms with Gasteiger partial charge in [0.2, 0.25) is 0 Å². The fourth-order valence-corrected chi connectivity index (χ4v) is 1.70. The van der Waals surface area contributed by atoms with E-state index >= 15 is 0 Å². The van der Waals surface area contributed by atoms with Crippen molar-refractivity contribution in [3.63, 3.8) is 0 Å². The molecule has 0 saturated heterocycles. The van der Waals surface area contributed by atoms with E-state index in [0.717, 1.165) is 18.2 Å². The molecule has 1 unspecified atom stereocenters. The van der Waals surface area contributed by atoms with E-state index in [1.807, 2.05) is 20.8 Å². The predicted molar refractivity (Wildman–Crippen MR) is 63.0 cm³/mol. The highest BCUT2D eigenvalue weighted by atomic mass is 19.1. The zero-order valence-corrected chi connectivity index (χ0v) is 10.3. The number of halogens is 2. The van der Waals surface area contributed by atoms with Crippen LogP contribution in [0.3, 0.4) is 0 Å². The SMILES string of the molecule is CCNC(C(=O)c1cc(F)ccc1F)C(C)C. The summed E-state index contributed by atoms with van der Waals surface area (Å²) in [6.45, 7) is 6.20. The number of benzene rings is 1. The predicted octanol–water partition coefficient (Wildman–Crippen LogP) is 2.78. The first-order valence-corrected chi connectivity index (χ1v) is 5.70. The Hall–Kier alpha value is -1.29. The number of hydrogen-bond donors (Lipinski definition) is 1. The molecule has 1 aromatic rings. The molecule has 0 heterocycles. The quantitative estimate of drug-likeness (QED) is 0.803. The molecule has 0 amide bonds. The Morgan fingerprint density at radius 1 is 1.35 bits per heavy atom. The molecule has 0 bridgehead atoms. The second kappa shape index (κ2) is 5.87. The average molecular weight is 241 g/mol. The van der Waals surface area contributed by atoms with E-state index in [4.69, 9.17) is 0 Å². The summed E-state index contributed by atoms with van der Waals surface area (Å²) >= 11 is 0. The molecule has 94 valence electrons. The van der Waals surface area contributed by atoms with Crippen molar-refractivity contribution in [3.05, 3.63) is 35.4 Å². The lowest BCUT2D eigenvalue weighted by Gasteiger charge is -2.20. The van der Waals surface area contributed by atoms with Gasteiger partial charge < -0.3 is 5.32 Å². The van der Waals surface area contributed by atoms with Gasteiger partial charge >= 0.3 is 0 Å². The molecule has 0 aliphatic heterocycles. The normalized spacial score (nSPS) is 12.8. The van der Waals surface area contributed by atoms with Crippen molar-refractivity contribution in [3.8, 4) is 0 Å². The van der Waals surface area contributed by atoms with Crippen LogP contribution in [0.4, 0.5) is 8.78 Å². The van der Waals surface area contributed by atoms with Gasteiger partial charge in [-0.3, -0.25) is 4.79 Å². The highest BCUT2D eigenvalue weighted by Gasteiger charge is 2.25. The molecule has 0 aliphatic rings. The standard InChI is InChI=1S/C13H17F2NO/c1-4-16-12(8(2)3)13(17)10-7-9(14)5-6-11(10)15/h5-8,12,16H,4H2,1-3H3. The van der Waals surface area contributed by atoms with E-state index in [2.05, 4.69) is 5.32 Å². The molecular weight excluding hydrogens is 224 g/mol. The zero-order valence-electron chi connectivity index (χ0n) is 10.3. The Bertz CT molecular complexity index is 404. The van der Waals surface area contributed by atoms with Crippen LogP contribution in [0.1, 0.15) is 31.1 Å². The van der Waals surface area contributed by atoms with Crippen LogP contribution in [-0.4, -0.2) is 18.4 Å². The third-order valence-electron chi connectivity index (χ3n) is 2.57. The van der Waals surface area contributed by atoms with Gasteiger partial charge in [-0.05, 0) is 30.7 Å². The lowest BCUT2D eigenvalue weighted by atomic mass is 9.94. The third-order valence-corrected chi connectivity index (χ3v) is 2.57. The Balaban J connectivity index is 3.04. The van der Waals surface area contributed by atoms with Crippen molar-refractivity contribution in [1.82, 2.24) is 5.32 Å². The first-order chi connectivity index (χ1) is 7.97. The highest BCUT2D eigenvalue weighted by molar-refractivity contribution is 6.00. The van der Waals surface area contributed by atoms with Crippen LogP contribution >= 0.6 is 0 Å². The van der Waals surface area contributed by atoms with E-state index < -0.39 is 23.5 Å². The van der Waals surface area contributed by atoms with Crippen molar-refractivity contribution >= 4 is 5.78 Å². The fraction of sp³-hybridized carbons (Fsp3) is 0.462. The molecule has 1 aromatic carbocycles. The van der Waals surface area contributed by atoms with Crippen LogP contribution in [0.5, 0.6) is 0 Å². The van der Waals surface area contributed by atoms with Gasteiger partial charge in [-0.25, -0.2) is 8.78 Å². The van der Waals surface area contributed by atoms with Gasteiger partial charge in [-0.2, -0.15) is 0 Å². The van der Waals surface area contributed by atoms with Gasteiger partial charge in [-0.15, -0.1) is 0 Å². The Kier molecular flexibility index (Phi) is 4.75. The van der Waals surface area contributed by atoms with Crippen LogP contribution < -0.4 is 5.32 Å². The molecule has 0 aromatic heterocycles. The molecule has 0 aliphatic carbocycles. The Morgan fingerprint density at radius 3 is 2.53 bits per heavy atom. The molecule has 4 heteroatoms. The molecule has 17 heavy (non-hydrogen) atoms. The highest BCUT2D eigenvalue weighted by Crippen LogP contribution is 2.15. The second-order valence-corrected chi connectivity index (χ2v) is 4.27. The van der Waals surface area contributed by atoms with Crippen molar-refractivity contribution in [1.29, 1.82) is 0 Å². The van der Waals surface area contributed by atoms with Crippen LogP contribution in [0, 0.1) is 17.6 Å². The average Bonchev–Trinajstić information content (AvgIpc) is 2.28. The summed E-state index contributed by atoms with van der Waals surface area (Å²) in [5.41, 5.74) is -0.190. The third kappa shape index (κ3) is 3.33. The van der Waals surface area contributed by atoms with Gasteiger partial charge in [0.15, 0.2) is 5.78 Å². The van der Waals surface area contributed by atoms with Gasteiger partial charge in [0, 0.05) is 0 Å². The summed E-state index contributed by atoms with van der Waals surface area (Å²) < 4.78 is 26.5.